The van der Waals surface area contributed by atoms with E-state index in [1.54, 1.807) is 0 Å². The van der Waals surface area contributed by atoms with Crippen LogP contribution in [0.1, 0.15) is 17.5 Å². The van der Waals surface area contributed by atoms with Crippen molar-refractivity contribution in [1.29, 1.82) is 0 Å². The van der Waals surface area contributed by atoms with Gasteiger partial charge in [0.15, 0.2) is 11.6 Å². The first-order valence-corrected chi connectivity index (χ1v) is 7.89. The third kappa shape index (κ3) is 4.56. The van der Waals surface area contributed by atoms with Crippen LogP contribution in [0.5, 0.6) is 0 Å². The molecule has 1 amide bonds. The maximum atomic E-state index is 13.1. The molecule has 2 rings (SSSR count). The number of amides is 1. The smallest absolute Gasteiger partial charge is 0.225 e. The molecule has 1 N–H and O–H groups in total. The van der Waals surface area contributed by atoms with Crippen LogP contribution < -0.4 is 5.32 Å². The number of benzene rings is 2. The van der Waals surface area contributed by atoms with Crippen molar-refractivity contribution in [3.05, 3.63) is 59.2 Å². The van der Waals surface area contributed by atoms with Crippen LogP contribution in [0.15, 0.2) is 41.3 Å². The first-order chi connectivity index (χ1) is 10.5. The average molecular weight is 321 g/mol. The van der Waals surface area contributed by atoms with Crippen molar-refractivity contribution in [3.8, 4) is 0 Å². The SMILES string of the molecule is Cc1ccc(C)c(NC(=O)CCSc2ccc(F)c(F)c2)c1. The van der Waals surface area contributed by atoms with Gasteiger partial charge in [-0.2, -0.15) is 0 Å². The molecule has 0 unspecified atom stereocenters. The topological polar surface area (TPSA) is 29.1 Å². The Bertz CT molecular complexity index is 688. The van der Waals surface area contributed by atoms with Crippen molar-refractivity contribution in [2.45, 2.75) is 25.2 Å². The van der Waals surface area contributed by atoms with E-state index < -0.39 is 11.6 Å². The molecule has 2 nitrogen and oxygen atoms in total. The van der Waals surface area contributed by atoms with E-state index in [0.29, 0.717) is 17.1 Å². The third-order valence-corrected chi connectivity index (χ3v) is 4.15. The summed E-state index contributed by atoms with van der Waals surface area (Å²) in [6.07, 6.45) is 0.303. The number of hydrogen-bond donors (Lipinski definition) is 1. The van der Waals surface area contributed by atoms with Crippen LogP contribution in [0.4, 0.5) is 14.5 Å². The fourth-order valence-corrected chi connectivity index (χ4v) is 2.79. The van der Waals surface area contributed by atoms with Crippen LogP contribution >= 0.6 is 11.8 Å². The first kappa shape index (κ1) is 16.5. The number of halogens is 2. The van der Waals surface area contributed by atoms with E-state index >= 15 is 0 Å². The Hall–Kier alpha value is -1.88. The molecule has 0 heterocycles. The van der Waals surface area contributed by atoms with Gasteiger partial charge in [0.25, 0.3) is 0 Å². The maximum absolute atomic E-state index is 13.1. The maximum Gasteiger partial charge on any atom is 0.225 e. The summed E-state index contributed by atoms with van der Waals surface area (Å²) in [4.78, 5) is 12.5. The molecule has 0 aliphatic rings. The summed E-state index contributed by atoms with van der Waals surface area (Å²) in [5.41, 5.74) is 2.90. The summed E-state index contributed by atoms with van der Waals surface area (Å²) in [5, 5.41) is 2.87. The highest BCUT2D eigenvalue weighted by Crippen LogP contribution is 2.22. The minimum Gasteiger partial charge on any atom is -0.326 e. The van der Waals surface area contributed by atoms with Gasteiger partial charge >= 0.3 is 0 Å². The number of thioether (sulfide) groups is 1. The molecular formula is C17H17F2NOS. The van der Waals surface area contributed by atoms with Crippen molar-refractivity contribution in [2.24, 2.45) is 0 Å². The summed E-state index contributed by atoms with van der Waals surface area (Å²) >= 11 is 1.32. The summed E-state index contributed by atoms with van der Waals surface area (Å²) < 4.78 is 25.9. The standard InChI is InChI=1S/C17H17F2NOS/c1-11-3-4-12(2)16(9-11)20-17(21)7-8-22-13-5-6-14(18)15(19)10-13/h3-6,9-10H,7-8H2,1-2H3,(H,20,21). The Kier molecular flexibility index (Phi) is 5.55. The molecule has 0 atom stereocenters. The second-order valence-corrected chi connectivity index (χ2v) is 6.21. The molecule has 0 spiro atoms. The molecule has 5 heteroatoms. The predicted octanol–water partition coefficient (Wildman–Crippen LogP) is 4.70. The predicted molar refractivity (Wildman–Crippen MR) is 86.2 cm³/mol. The quantitative estimate of drug-likeness (QED) is 0.809. The fourth-order valence-electron chi connectivity index (χ4n) is 1.91. The number of nitrogens with one attached hydrogen (secondary N) is 1. The zero-order valence-corrected chi connectivity index (χ0v) is 13.3. The Morgan fingerprint density at radius 1 is 1.09 bits per heavy atom. The molecule has 2 aromatic carbocycles. The van der Waals surface area contributed by atoms with Gasteiger partial charge in [-0.3, -0.25) is 4.79 Å². The molecule has 0 aliphatic heterocycles. The summed E-state index contributed by atoms with van der Waals surface area (Å²) in [6.45, 7) is 3.90. The Morgan fingerprint density at radius 2 is 1.86 bits per heavy atom. The molecule has 0 radical (unpaired) electrons. The second kappa shape index (κ2) is 7.40. The van der Waals surface area contributed by atoms with E-state index in [4.69, 9.17) is 0 Å². The van der Waals surface area contributed by atoms with Crippen molar-refractivity contribution in [2.75, 3.05) is 11.1 Å². The number of hydrogen-bond acceptors (Lipinski definition) is 2. The summed E-state index contributed by atoms with van der Waals surface area (Å²) in [7, 11) is 0. The molecule has 0 aliphatic carbocycles. The lowest BCUT2D eigenvalue weighted by Crippen LogP contribution is -2.13. The Balaban J connectivity index is 1.85. The fraction of sp³-hybridized carbons (Fsp3) is 0.235. The van der Waals surface area contributed by atoms with E-state index in [1.807, 2.05) is 32.0 Å². The monoisotopic (exact) mass is 321 g/mol. The van der Waals surface area contributed by atoms with Gasteiger partial charge in [0.2, 0.25) is 5.91 Å². The minimum absolute atomic E-state index is 0.0937. The van der Waals surface area contributed by atoms with Crippen LogP contribution in [0.2, 0.25) is 0 Å². The second-order valence-electron chi connectivity index (χ2n) is 5.04. The largest absolute Gasteiger partial charge is 0.326 e. The van der Waals surface area contributed by atoms with Gasteiger partial charge in [-0.25, -0.2) is 8.78 Å². The normalized spacial score (nSPS) is 10.5. The number of aryl methyl sites for hydroxylation is 2. The molecule has 0 saturated carbocycles. The van der Waals surface area contributed by atoms with Crippen LogP contribution in [0, 0.1) is 25.5 Å². The van der Waals surface area contributed by atoms with Crippen molar-refractivity contribution in [1.82, 2.24) is 0 Å². The highest BCUT2D eigenvalue weighted by atomic mass is 32.2. The third-order valence-electron chi connectivity index (χ3n) is 3.16. The first-order valence-electron chi connectivity index (χ1n) is 6.90. The lowest BCUT2D eigenvalue weighted by atomic mass is 10.1. The highest BCUT2D eigenvalue weighted by Gasteiger charge is 2.07. The van der Waals surface area contributed by atoms with Gasteiger partial charge in [0.05, 0.1) is 0 Å². The van der Waals surface area contributed by atoms with Gasteiger partial charge in [-0.1, -0.05) is 12.1 Å². The molecule has 0 fully saturated rings. The van der Waals surface area contributed by atoms with Gasteiger partial charge in [0, 0.05) is 22.8 Å². The van der Waals surface area contributed by atoms with E-state index in [2.05, 4.69) is 5.32 Å². The van der Waals surface area contributed by atoms with Crippen molar-refractivity contribution in [3.63, 3.8) is 0 Å². The lowest BCUT2D eigenvalue weighted by molar-refractivity contribution is -0.115. The van der Waals surface area contributed by atoms with Gasteiger partial charge in [-0.05, 0) is 49.2 Å². The minimum atomic E-state index is -0.871. The molecule has 0 saturated heterocycles. The van der Waals surface area contributed by atoms with Gasteiger partial charge < -0.3 is 5.32 Å². The molecular weight excluding hydrogens is 304 g/mol. The highest BCUT2D eigenvalue weighted by molar-refractivity contribution is 7.99. The van der Waals surface area contributed by atoms with Crippen LogP contribution in [0.25, 0.3) is 0 Å². The van der Waals surface area contributed by atoms with Gasteiger partial charge in [-0.15, -0.1) is 11.8 Å². The van der Waals surface area contributed by atoms with Crippen molar-refractivity contribution >= 4 is 23.4 Å². The van der Waals surface area contributed by atoms with Crippen LogP contribution in [0.3, 0.4) is 0 Å². The molecule has 116 valence electrons. The molecule has 2 aromatic rings. The zero-order chi connectivity index (χ0) is 16.1. The van der Waals surface area contributed by atoms with Crippen LogP contribution in [-0.2, 0) is 4.79 Å². The molecule has 0 aromatic heterocycles. The van der Waals surface area contributed by atoms with Crippen LogP contribution in [-0.4, -0.2) is 11.7 Å². The Labute approximate surface area is 132 Å². The summed E-state index contributed by atoms with van der Waals surface area (Å²) in [6, 6.07) is 9.61. The lowest BCUT2D eigenvalue weighted by Gasteiger charge is -2.09. The zero-order valence-electron chi connectivity index (χ0n) is 12.5. The number of carbonyl (C=O) groups excluding carboxylic acids is 1. The Morgan fingerprint density at radius 3 is 2.59 bits per heavy atom. The summed E-state index contributed by atoms with van der Waals surface area (Å²) in [5.74, 6) is -1.33. The van der Waals surface area contributed by atoms with E-state index in [9.17, 15) is 13.6 Å². The molecule has 22 heavy (non-hydrogen) atoms. The van der Waals surface area contributed by atoms with E-state index in [-0.39, 0.29) is 5.91 Å². The van der Waals surface area contributed by atoms with E-state index in [1.165, 1.54) is 17.8 Å². The van der Waals surface area contributed by atoms with Gasteiger partial charge in [0.1, 0.15) is 0 Å². The molecule has 0 bridgehead atoms. The average Bonchev–Trinajstić information content (AvgIpc) is 2.47. The number of rotatable bonds is 5. The van der Waals surface area contributed by atoms with E-state index in [0.717, 1.165) is 28.9 Å². The number of carbonyl (C=O) groups is 1. The van der Waals surface area contributed by atoms with Crippen molar-refractivity contribution < 1.29 is 13.6 Å². The number of anilines is 1.